The van der Waals surface area contributed by atoms with Crippen molar-refractivity contribution in [2.45, 2.75) is 31.8 Å². The lowest BCUT2D eigenvalue weighted by Crippen LogP contribution is -2.33. The maximum Gasteiger partial charge on any atom is 0.134 e. The van der Waals surface area contributed by atoms with Gasteiger partial charge >= 0.3 is 0 Å². The van der Waals surface area contributed by atoms with Crippen LogP contribution in [0.5, 0.6) is 0 Å². The molecule has 0 spiro atoms. The summed E-state index contributed by atoms with van der Waals surface area (Å²) in [7, 11) is 0. The van der Waals surface area contributed by atoms with Crippen molar-refractivity contribution in [1.82, 2.24) is 0 Å². The number of fused-ring (bicyclic) bond motifs is 1. The summed E-state index contributed by atoms with van der Waals surface area (Å²) < 4.78 is 5.76. The zero-order chi connectivity index (χ0) is 12.6. The second-order valence-corrected chi connectivity index (χ2v) is 5.36. The first-order valence-corrected chi connectivity index (χ1v) is 6.62. The zero-order valence-corrected chi connectivity index (χ0v) is 10.4. The van der Waals surface area contributed by atoms with E-state index in [2.05, 4.69) is 0 Å². The van der Waals surface area contributed by atoms with Crippen LogP contribution in [0, 0.1) is 5.41 Å². The largest absolute Gasteiger partial charge is 0.458 e. The fourth-order valence-electron chi connectivity index (χ4n) is 3.11. The van der Waals surface area contributed by atoms with E-state index >= 15 is 0 Å². The summed E-state index contributed by atoms with van der Waals surface area (Å²) in [5.41, 5.74) is 6.54. The third kappa shape index (κ3) is 1.74. The Balaban J connectivity index is 1.98. The van der Waals surface area contributed by atoms with Gasteiger partial charge in [-0.05, 0) is 25.0 Å². The number of para-hydroxylation sites is 1. The van der Waals surface area contributed by atoms with E-state index < -0.39 is 6.10 Å². The highest BCUT2D eigenvalue weighted by Crippen LogP contribution is 2.47. The van der Waals surface area contributed by atoms with Crippen LogP contribution in [-0.4, -0.2) is 11.7 Å². The van der Waals surface area contributed by atoms with Crippen LogP contribution in [-0.2, 0) is 0 Å². The van der Waals surface area contributed by atoms with Crippen LogP contribution >= 0.6 is 0 Å². The molecule has 1 heterocycles. The summed E-state index contributed by atoms with van der Waals surface area (Å²) >= 11 is 0. The molecule has 1 aliphatic carbocycles. The Morgan fingerprint density at radius 2 is 2.00 bits per heavy atom. The van der Waals surface area contributed by atoms with Gasteiger partial charge in [0.25, 0.3) is 0 Å². The average Bonchev–Trinajstić information content (AvgIpc) is 3.05. The smallest absolute Gasteiger partial charge is 0.134 e. The molecule has 1 saturated carbocycles. The molecule has 0 aliphatic heterocycles. The Hall–Kier alpha value is -1.32. The molecule has 0 amide bonds. The number of furan rings is 1. The molecule has 3 rings (SSSR count). The Morgan fingerprint density at radius 3 is 2.67 bits per heavy atom. The van der Waals surface area contributed by atoms with E-state index in [1.165, 1.54) is 0 Å². The van der Waals surface area contributed by atoms with E-state index in [0.717, 1.165) is 36.7 Å². The predicted octanol–water partition coefficient (Wildman–Crippen LogP) is 2.99. The molecule has 2 aromatic rings. The Kier molecular flexibility index (Phi) is 2.88. The Morgan fingerprint density at radius 1 is 1.28 bits per heavy atom. The lowest BCUT2D eigenvalue weighted by Gasteiger charge is -2.31. The fourth-order valence-corrected chi connectivity index (χ4v) is 3.11. The molecule has 1 aliphatic rings. The fraction of sp³-hybridized carbons (Fsp3) is 0.467. The molecule has 1 aromatic carbocycles. The molecule has 3 nitrogen and oxygen atoms in total. The molecule has 1 atom stereocenters. The number of hydrogen-bond acceptors (Lipinski definition) is 3. The van der Waals surface area contributed by atoms with Crippen molar-refractivity contribution in [3.63, 3.8) is 0 Å². The van der Waals surface area contributed by atoms with Crippen molar-refractivity contribution in [3.8, 4) is 0 Å². The summed E-state index contributed by atoms with van der Waals surface area (Å²) in [4.78, 5) is 0. The van der Waals surface area contributed by atoms with Crippen molar-refractivity contribution < 1.29 is 9.52 Å². The van der Waals surface area contributed by atoms with Gasteiger partial charge in [0, 0.05) is 17.3 Å². The normalized spacial score (nSPS) is 20.3. The number of aliphatic hydroxyl groups excluding tert-OH is 1. The minimum atomic E-state index is -0.586. The summed E-state index contributed by atoms with van der Waals surface area (Å²) in [6.07, 6.45) is 3.68. The van der Waals surface area contributed by atoms with E-state index in [1.54, 1.807) is 0 Å². The summed E-state index contributed by atoms with van der Waals surface area (Å²) in [5.74, 6) is 0.656. The number of hydrogen-bond donors (Lipinski definition) is 2. The van der Waals surface area contributed by atoms with Crippen LogP contribution in [0.25, 0.3) is 11.0 Å². The van der Waals surface area contributed by atoms with Crippen LogP contribution in [0.4, 0.5) is 0 Å². The van der Waals surface area contributed by atoms with Gasteiger partial charge in [0.15, 0.2) is 0 Å². The molecule has 1 fully saturated rings. The molecule has 0 bridgehead atoms. The molecular weight excluding hydrogens is 226 g/mol. The summed E-state index contributed by atoms with van der Waals surface area (Å²) in [5, 5.41) is 11.6. The SMILES string of the molecule is NCC1(C(O)c2cc3ccccc3o2)CCCC1. The minimum Gasteiger partial charge on any atom is -0.458 e. The number of nitrogens with two attached hydrogens (primary N) is 1. The summed E-state index contributed by atoms with van der Waals surface area (Å²) in [6, 6.07) is 9.78. The van der Waals surface area contributed by atoms with Gasteiger partial charge in [-0.3, -0.25) is 0 Å². The van der Waals surface area contributed by atoms with E-state index in [1.807, 2.05) is 30.3 Å². The standard InChI is InChI=1S/C15H19NO2/c16-10-15(7-3-4-8-15)14(17)13-9-11-5-1-2-6-12(11)18-13/h1-2,5-6,9,14,17H,3-4,7-8,10,16H2. The molecule has 3 N–H and O–H groups in total. The van der Waals surface area contributed by atoms with Gasteiger partial charge in [0.05, 0.1) is 0 Å². The van der Waals surface area contributed by atoms with Crippen LogP contribution in [0.3, 0.4) is 0 Å². The van der Waals surface area contributed by atoms with Crippen molar-refractivity contribution in [3.05, 3.63) is 36.1 Å². The van der Waals surface area contributed by atoms with Gasteiger partial charge in [0.2, 0.25) is 0 Å². The number of rotatable bonds is 3. The highest BCUT2D eigenvalue weighted by molar-refractivity contribution is 5.77. The zero-order valence-electron chi connectivity index (χ0n) is 10.4. The highest BCUT2D eigenvalue weighted by Gasteiger charge is 2.41. The average molecular weight is 245 g/mol. The lowest BCUT2D eigenvalue weighted by molar-refractivity contribution is 0.0177. The second kappa shape index (κ2) is 4.41. The van der Waals surface area contributed by atoms with E-state index in [0.29, 0.717) is 12.3 Å². The summed E-state index contributed by atoms with van der Waals surface area (Å²) in [6.45, 7) is 0.519. The van der Waals surface area contributed by atoms with Crippen LogP contribution in [0.2, 0.25) is 0 Å². The van der Waals surface area contributed by atoms with Gasteiger partial charge in [-0.25, -0.2) is 0 Å². The van der Waals surface area contributed by atoms with Crippen molar-refractivity contribution in [2.24, 2.45) is 11.1 Å². The molecule has 18 heavy (non-hydrogen) atoms. The third-order valence-corrected chi connectivity index (χ3v) is 4.30. The van der Waals surface area contributed by atoms with E-state index in [4.69, 9.17) is 10.2 Å². The van der Waals surface area contributed by atoms with Gasteiger partial charge in [-0.1, -0.05) is 31.0 Å². The second-order valence-electron chi connectivity index (χ2n) is 5.36. The third-order valence-electron chi connectivity index (χ3n) is 4.30. The highest BCUT2D eigenvalue weighted by atomic mass is 16.4. The van der Waals surface area contributed by atoms with Gasteiger partial charge in [-0.2, -0.15) is 0 Å². The molecule has 3 heteroatoms. The van der Waals surface area contributed by atoms with Crippen LogP contribution < -0.4 is 5.73 Å². The first kappa shape index (κ1) is 11.8. The molecule has 0 saturated heterocycles. The topological polar surface area (TPSA) is 59.4 Å². The molecule has 1 unspecified atom stereocenters. The lowest BCUT2D eigenvalue weighted by atomic mass is 9.79. The number of aliphatic hydroxyl groups is 1. The molecule has 1 aromatic heterocycles. The van der Waals surface area contributed by atoms with Gasteiger partial charge in [0.1, 0.15) is 17.4 Å². The van der Waals surface area contributed by atoms with Crippen molar-refractivity contribution in [2.75, 3.05) is 6.54 Å². The van der Waals surface area contributed by atoms with Crippen LogP contribution in [0.15, 0.2) is 34.7 Å². The van der Waals surface area contributed by atoms with Crippen molar-refractivity contribution in [1.29, 1.82) is 0 Å². The Labute approximate surface area is 107 Å². The van der Waals surface area contributed by atoms with Crippen molar-refractivity contribution >= 4 is 11.0 Å². The first-order chi connectivity index (χ1) is 8.75. The monoisotopic (exact) mass is 245 g/mol. The van der Waals surface area contributed by atoms with Crippen LogP contribution in [0.1, 0.15) is 37.5 Å². The van der Waals surface area contributed by atoms with E-state index in [9.17, 15) is 5.11 Å². The van der Waals surface area contributed by atoms with Gasteiger partial charge < -0.3 is 15.3 Å². The minimum absolute atomic E-state index is 0.187. The maximum atomic E-state index is 10.6. The molecule has 0 radical (unpaired) electrons. The molecular formula is C15H19NO2. The first-order valence-electron chi connectivity index (χ1n) is 6.62. The predicted molar refractivity (Wildman–Crippen MR) is 71.1 cm³/mol. The Bertz CT molecular complexity index is 507. The molecule has 96 valence electrons. The van der Waals surface area contributed by atoms with Gasteiger partial charge in [-0.15, -0.1) is 0 Å². The maximum absolute atomic E-state index is 10.6. The van der Waals surface area contributed by atoms with E-state index in [-0.39, 0.29) is 5.41 Å². The number of benzene rings is 1. The quantitative estimate of drug-likeness (QED) is 0.874.